The molecule has 2 rings (SSSR count). The second-order valence-electron chi connectivity index (χ2n) is 3.41. The van der Waals surface area contributed by atoms with Gasteiger partial charge in [0.1, 0.15) is 0 Å². The molecule has 7 heteroatoms. The van der Waals surface area contributed by atoms with Gasteiger partial charge in [0.2, 0.25) is 15.6 Å². The fourth-order valence-electron chi connectivity index (χ4n) is 1.49. The number of aromatic amines is 1. The number of nitrogens with one attached hydrogen (secondary N) is 1. The molecule has 0 radical (unpaired) electrons. The van der Waals surface area contributed by atoms with Gasteiger partial charge in [0, 0.05) is 25.4 Å². The van der Waals surface area contributed by atoms with Gasteiger partial charge in [-0.2, -0.15) is 4.31 Å². The molecule has 1 aromatic heterocycles. The van der Waals surface area contributed by atoms with E-state index in [4.69, 9.17) is 4.74 Å². The van der Waals surface area contributed by atoms with E-state index in [1.807, 2.05) is 0 Å². The van der Waals surface area contributed by atoms with Crippen LogP contribution in [0.25, 0.3) is 0 Å². The van der Waals surface area contributed by atoms with Crippen molar-refractivity contribution in [3.05, 3.63) is 28.7 Å². The standard InChI is InChI=1S/C9H12N2O4S/c12-9-2-1-8(7-10-9)16(13,14)11-3-5-15-6-4-11/h1-2,7H,3-6H2,(H,10,12). The van der Waals surface area contributed by atoms with Crippen LogP contribution in [0.3, 0.4) is 0 Å². The molecule has 0 spiro atoms. The smallest absolute Gasteiger partial charge is 0.247 e. The lowest BCUT2D eigenvalue weighted by Gasteiger charge is -2.25. The zero-order chi connectivity index (χ0) is 11.6. The van der Waals surface area contributed by atoms with Crippen molar-refractivity contribution < 1.29 is 13.2 Å². The number of aromatic nitrogens is 1. The van der Waals surface area contributed by atoms with Gasteiger partial charge in [0.15, 0.2) is 0 Å². The molecule has 1 N–H and O–H groups in total. The summed E-state index contributed by atoms with van der Waals surface area (Å²) in [6.45, 7) is 1.51. The molecule has 1 aliphatic heterocycles. The van der Waals surface area contributed by atoms with Gasteiger partial charge >= 0.3 is 0 Å². The maximum atomic E-state index is 12.0. The molecule has 1 aliphatic rings. The van der Waals surface area contributed by atoms with E-state index in [1.54, 1.807) is 0 Å². The van der Waals surface area contributed by atoms with Gasteiger partial charge in [-0.15, -0.1) is 0 Å². The molecule has 6 nitrogen and oxygen atoms in total. The Morgan fingerprint density at radius 2 is 1.94 bits per heavy atom. The number of hydrogen-bond donors (Lipinski definition) is 1. The fraction of sp³-hybridized carbons (Fsp3) is 0.444. The zero-order valence-electron chi connectivity index (χ0n) is 8.55. The summed E-state index contributed by atoms with van der Waals surface area (Å²) in [5, 5.41) is 0. The van der Waals surface area contributed by atoms with Crippen molar-refractivity contribution in [2.24, 2.45) is 0 Å². The molecule has 0 aliphatic carbocycles. The average Bonchev–Trinajstić information content (AvgIpc) is 2.31. The first-order valence-electron chi connectivity index (χ1n) is 4.87. The minimum Gasteiger partial charge on any atom is -0.379 e. The quantitative estimate of drug-likeness (QED) is 0.753. The second kappa shape index (κ2) is 4.36. The average molecular weight is 244 g/mol. The van der Waals surface area contributed by atoms with Gasteiger partial charge in [0.25, 0.3) is 0 Å². The number of rotatable bonds is 2. The topological polar surface area (TPSA) is 79.5 Å². The molecular weight excluding hydrogens is 232 g/mol. The molecule has 2 heterocycles. The van der Waals surface area contributed by atoms with Crippen LogP contribution in [-0.4, -0.2) is 44.0 Å². The van der Waals surface area contributed by atoms with E-state index >= 15 is 0 Å². The van der Waals surface area contributed by atoms with Crippen LogP contribution in [0.15, 0.2) is 28.0 Å². The summed E-state index contributed by atoms with van der Waals surface area (Å²) in [6.07, 6.45) is 1.22. The molecule has 16 heavy (non-hydrogen) atoms. The van der Waals surface area contributed by atoms with Crippen molar-refractivity contribution in [3.8, 4) is 0 Å². The highest BCUT2D eigenvalue weighted by atomic mass is 32.2. The Labute approximate surface area is 92.9 Å². The van der Waals surface area contributed by atoms with Gasteiger partial charge in [-0.3, -0.25) is 4.79 Å². The summed E-state index contributed by atoms with van der Waals surface area (Å²) < 4.78 is 30.5. The van der Waals surface area contributed by atoms with Crippen molar-refractivity contribution in [1.29, 1.82) is 0 Å². The normalized spacial score (nSPS) is 18.5. The van der Waals surface area contributed by atoms with Crippen molar-refractivity contribution in [2.45, 2.75) is 4.90 Å². The largest absolute Gasteiger partial charge is 0.379 e. The summed E-state index contributed by atoms with van der Waals surface area (Å²) in [6, 6.07) is 2.51. The highest BCUT2D eigenvalue weighted by Gasteiger charge is 2.26. The third-order valence-corrected chi connectivity index (χ3v) is 4.26. The van der Waals surface area contributed by atoms with Crippen LogP contribution in [0.5, 0.6) is 0 Å². The minimum atomic E-state index is -3.50. The van der Waals surface area contributed by atoms with E-state index in [9.17, 15) is 13.2 Å². The Balaban J connectivity index is 2.30. The predicted molar refractivity (Wildman–Crippen MR) is 56.6 cm³/mol. The maximum absolute atomic E-state index is 12.0. The van der Waals surface area contributed by atoms with E-state index in [0.29, 0.717) is 26.3 Å². The van der Waals surface area contributed by atoms with Gasteiger partial charge in [-0.1, -0.05) is 0 Å². The van der Waals surface area contributed by atoms with Crippen molar-refractivity contribution in [2.75, 3.05) is 26.3 Å². The van der Waals surface area contributed by atoms with E-state index < -0.39 is 10.0 Å². The van der Waals surface area contributed by atoms with Gasteiger partial charge < -0.3 is 9.72 Å². The number of nitrogens with zero attached hydrogens (tertiary/aromatic N) is 1. The van der Waals surface area contributed by atoms with E-state index in [0.717, 1.165) is 0 Å². The summed E-state index contributed by atoms with van der Waals surface area (Å²) in [5.41, 5.74) is -0.319. The van der Waals surface area contributed by atoms with Gasteiger partial charge in [0.05, 0.1) is 18.1 Å². The lowest BCUT2D eigenvalue weighted by atomic mass is 10.5. The van der Waals surface area contributed by atoms with Crippen LogP contribution < -0.4 is 5.56 Å². The first kappa shape index (κ1) is 11.3. The Hall–Kier alpha value is -1.18. The molecule has 0 saturated carbocycles. The summed E-state index contributed by atoms with van der Waals surface area (Å²) in [7, 11) is -3.50. The molecular formula is C9H12N2O4S. The third kappa shape index (κ3) is 2.16. The zero-order valence-corrected chi connectivity index (χ0v) is 9.37. The molecule has 88 valence electrons. The van der Waals surface area contributed by atoms with E-state index in [-0.39, 0.29) is 10.5 Å². The van der Waals surface area contributed by atoms with E-state index in [2.05, 4.69) is 4.98 Å². The first-order chi connectivity index (χ1) is 7.60. The molecule has 1 aromatic rings. The molecule has 0 atom stereocenters. The molecule has 0 amide bonds. The van der Waals surface area contributed by atoms with Gasteiger partial charge in [-0.25, -0.2) is 8.42 Å². The van der Waals surface area contributed by atoms with Crippen LogP contribution in [-0.2, 0) is 14.8 Å². The third-order valence-electron chi connectivity index (χ3n) is 2.36. The molecule has 0 bridgehead atoms. The van der Waals surface area contributed by atoms with Crippen LogP contribution >= 0.6 is 0 Å². The Morgan fingerprint density at radius 1 is 1.25 bits per heavy atom. The van der Waals surface area contributed by atoms with Crippen LogP contribution in [0, 0.1) is 0 Å². The lowest BCUT2D eigenvalue weighted by Crippen LogP contribution is -2.40. The number of H-pyrrole nitrogens is 1. The summed E-state index contributed by atoms with van der Waals surface area (Å²) in [4.78, 5) is 13.3. The number of sulfonamides is 1. The number of morpholine rings is 1. The highest BCUT2D eigenvalue weighted by molar-refractivity contribution is 7.89. The second-order valence-corrected chi connectivity index (χ2v) is 5.34. The summed E-state index contributed by atoms with van der Waals surface area (Å²) >= 11 is 0. The predicted octanol–water partition coefficient (Wildman–Crippen LogP) is -0.604. The monoisotopic (exact) mass is 244 g/mol. The number of pyridine rings is 1. The Bertz CT molecular complexity index is 496. The molecule has 0 aromatic carbocycles. The maximum Gasteiger partial charge on any atom is 0.247 e. The Morgan fingerprint density at radius 3 is 2.50 bits per heavy atom. The van der Waals surface area contributed by atoms with Gasteiger partial charge in [-0.05, 0) is 6.07 Å². The fourth-order valence-corrected chi connectivity index (χ4v) is 2.87. The number of ether oxygens (including phenoxy) is 1. The van der Waals surface area contributed by atoms with Crippen LogP contribution in [0.2, 0.25) is 0 Å². The summed E-state index contributed by atoms with van der Waals surface area (Å²) in [5.74, 6) is 0. The van der Waals surface area contributed by atoms with Crippen LogP contribution in [0.4, 0.5) is 0 Å². The van der Waals surface area contributed by atoms with Crippen molar-refractivity contribution >= 4 is 10.0 Å². The van der Waals surface area contributed by atoms with Crippen molar-refractivity contribution in [3.63, 3.8) is 0 Å². The Kier molecular flexibility index (Phi) is 3.08. The lowest BCUT2D eigenvalue weighted by molar-refractivity contribution is 0.0730. The van der Waals surface area contributed by atoms with Crippen molar-refractivity contribution in [1.82, 2.24) is 9.29 Å². The molecule has 1 fully saturated rings. The molecule has 1 saturated heterocycles. The first-order valence-corrected chi connectivity index (χ1v) is 6.31. The number of hydrogen-bond acceptors (Lipinski definition) is 4. The highest BCUT2D eigenvalue weighted by Crippen LogP contribution is 2.14. The molecule has 0 unspecified atom stereocenters. The van der Waals surface area contributed by atoms with E-state index in [1.165, 1.54) is 22.6 Å². The SMILES string of the molecule is O=c1ccc(S(=O)(=O)N2CCOCC2)c[nH]1. The minimum absolute atomic E-state index is 0.106. The van der Waals surface area contributed by atoms with Crippen LogP contribution in [0.1, 0.15) is 0 Å².